The Morgan fingerprint density at radius 1 is 1.32 bits per heavy atom. The van der Waals surface area contributed by atoms with Crippen molar-refractivity contribution < 1.29 is 0 Å². The second-order valence-electron chi connectivity index (χ2n) is 5.29. The van der Waals surface area contributed by atoms with Crippen molar-refractivity contribution >= 4 is 0 Å². The Balaban J connectivity index is 1.66. The molecule has 1 aliphatic carbocycles. The van der Waals surface area contributed by atoms with Crippen LogP contribution in [-0.4, -0.2) is 33.3 Å². The van der Waals surface area contributed by atoms with Crippen molar-refractivity contribution in [3.05, 3.63) is 48.5 Å². The molecule has 1 aliphatic rings. The van der Waals surface area contributed by atoms with E-state index >= 15 is 0 Å². The molecule has 0 saturated heterocycles. The van der Waals surface area contributed by atoms with Crippen LogP contribution in [0.15, 0.2) is 42.9 Å². The van der Waals surface area contributed by atoms with Crippen LogP contribution >= 0.6 is 0 Å². The van der Waals surface area contributed by atoms with Crippen molar-refractivity contribution in [3.63, 3.8) is 0 Å². The Kier molecular flexibility index (Phi) is 3.60. The molecule has 1 atom stereocenters. The largest absolute Gasteiger partial charge is 0.296 e. The fraction of sp³-hybridized carbons (Fsp3) is 0.467. The van der Waals surface area contributed by atoms with E-state index in [0.717, 1.165) is 19.0 Å². The quantitative estimate of drug-likeness (QED) is 0.795. The smallest absolute Gasteiger partial charge is 0.0578 e. The van der Waals surface area contributed by atoms with Gasteiger partial charge < -0.3 is 0 Å². The third kappa shape index (κ3) is 3.01. The molecule has 19 heavy (non-hydrogen) atoms. The summed E-state index contributed by atoms with van der Waals surface area (Å²) in [6.07, 6.45) is 8.39. The maximum atomic E-state index is 4.54. The maximum Gasteiger partial charge on any atom is 0.0578 e. The lowest BCUT2D eigenvalue weighted by Crippen LogP contribution is -2.30. The average Bonchev–Trinajstić information content (AvgIpc) is 3.13. The number of pyridine rings is 1. The van der Waals surface area contributed by atoms with E-state index in [2.05, 4.69) is 34.2 Å². The lowest BCUT2D eigenvalue weighted by Gasteiger charge is -2.27. The molecule has 0 aromatic carbocycles. The third-order valence-corrected chi connectivity index (χ3v) is 3.78. The topological polar surface area (TPSA) is 34.0 Å². The molecule has 0 aliphatic heterocycles. The van der Waals surface area contributed by atoms with Crippen molar-refractivity contribution in [2.45, 2.75) is 25.4 Å². The first-order valence-corrected chi connectivity index (χ1v) is 6.93. The van der Waals surface area contributed by atoms with Gasteiger partial charge in [-0.25, -0.2) is 0 Å². The number of aromatic nitrogens is 3. The van der Waals surface area contributed by atoms with E-state index in [4.69, 9.17) is 0 Å². The third-order valence-electron chi connectivity index (χ3n) is 3.78. The second kappa shape index (κ2) is 5.53. The van der Waals surface area contributed by atoms with Crippen LogP contribution < -0.4 is 0 Å². The molecule has 0 amide bonds. The minimum absolute atomic E-state index is 0.455. The summed E-state index contributed by atoms with van der Waals surface area (Å²) in [5, 5.41) is 4.26. The van der Waals surface area contributed by atoms with E-state index in [1.54, 1.807) is 0 Å². The van der Waals surface area contributed by atoms with Gasteiger partial charge in [-0.1, -0.05) is 6.07 Å². The Bertz CT molecular complexity index is 490. The van der Waals surface area contributed by atoms with Gasteiger partial charge in [0.25, 0.3) is 0 Å². The Morgan fingerprint density at radius 3 is 2.84 bits per heavy atom. The minimum Gasteiger partial charge on any atom is -0.296 e. The number of likely N-dealkylation sites (N-methyl/N-ethyl adjacent to an activating group) is 1. The summed E-state index contributed by atoms with van der Waals surface area (Å²) in [6, 6.07) is 8.64. The molecule has 2 heterocycles. The highest BCUT2D eigenvalue weighted by molar-refractivity contribution is 5.12. The Labute approximate surface area is 114 Å². The lowest BCUT2D eigenvalue weighted by molar-refractivity contribution is 0.206. The minimum atomic E-state index is 0.455. The summed E-state index contributed by atoms with van der Waals surface area (Å²) in [7, 11) is 2.20. The van der Waals surface area contributed by atoms with Crippen LogP contribution in [-0.2, 0) is 6.54 Å². The highest BCUT2D eigenvalue weighted by Gasteiger charge is 2.35. The number of hydrogen-bond donors (Lipinski definition) is 0. The molecule has 3 rings (SSSR count). The van der Waals surface area contributed by atoms with Crippen LogP contribution in [0, 0.1) is 5.92 Å². The fourth-order valence-corrected chi connectivity index (χ4v) is 2.62. The van der Waals surface area contributed by atoms with E-state index < -0.39 is 0 Å². The maximum absolute atomic E-state index is 4.54. The molecule has 2 aromatic heterocycles. The van der Waals surface area contributed by atoms with Gasteiger partial charge in [-0.05, 0) is 44.0 Å². The van der Waals surface area contributed by atoms with Crippen LogP contribution in [0.1, 0.15) is 24.6 Å². The van der Waals surface area contributed by atoms with Crippen molar-refractivity contribution in [1.29, 1.82) is 0 Å². The average molecular weight is 256 g/mol. The zero-order chi connectivity index (χ0) is 13.1. The first kappa shape index (κ1) is 12.4. The van der Waals surface area contributed by atoms with Crippen LogP contribution in [0.3, 0.4) is 0 Å². The van der Waals surface area contributed by atoms with Crippen molar-refractivity contribution in [2.24, 2.45) is 5.92 Å². The highest BCUT2D eigenvalue weighted by atomic mass is 15.3. The van der Waals surface area contributed by atoms with Gasteiger partial charge in [0.05, 0.1) is 18.3 Å². The van der Waals surface area contributed by atoms with Crippen molar-refractivity contribution in [1.82, 2.24) is 19.7 Å². The van der Waals surface area contributed by atoms with Gasteiger partial charge >= 0.3 is 0 Å². The van der Waals surface area contributed by atoms with Crippen LogP contribution in [0.2, 0.25) is 0 Å². The zero-order valence-electron chi connectivity index (χ0n) is 11.3. The molecular weight excluding hydrogens is 236 g/mol. The van der Waals surface area contributed by atoms with Crippen LogP contribution in [0.25, 0.3) is 0 Å². The molecule has 0 bridgehead atoms. The predicted molar refractivity (Wildman–Crippen MR) is 74.6 cm³/mol. The summed E-state index contributed by atoms with van der Waals surface area (Å²) in [5.41, 5.74) is 1.20. The lowest BCUT2D eigenvalue weighted by atomic mass is 10.1. The molecule has 1 fully saturated rings. The van der Waals surface area contributed by atoms with Crippen molar-refractivity contribution in [2.75, 3.05) is 13.6 Å². The summed E-state index contributed by atoms with van der Waals surface area (Å²) >= 11 is 0. The van der Waals surface area contributed by atoms with Gasteiger partial charge in [-0.3, -0.25) is 14.6 Å². The monoisotopic (exact) mass is 256 g/mol. The number of hydrogen-bond acceptors (Lipinski definition) is 3. The van der Waals surface area contributed by atoms with Crippen molar-refractivity contribution in [3.8, 4) is 0 Å². The zero-order valence-corrected chi connectivity index (χ0v) is 11.3. The number of nitrogens with zero attached hydrogens (tertiary/aromatic N) is 4. The second-order valence-corrected chi connectivity index (χ2v) is 5.29. The van der Waals surface area contributed by atoms with Crippen LogP contribution in [0.5, 0.6) is 0 Å². The molecule has 100 valence electrons. The summed E-state index contributed by atoms with van der Waals surface area (Å²) < 4.78 is 1.98. The van der Waals surface area contributed by atoms with E-state index in [9.17, 15) is 0 Å². The Hall–Kier alpha value is -1.68. The fourth-order valence-electron chi connectivity index (χ4n) is 2.62. The molecule has 0 unspecified atom stereocenters. The standard InChI is InChI=1S/C15H20N4/c1-18(11-12-19-10-4-9-17-19)15(13-6-7-13)14-5-2-3-8-16-14/h2-5,8-10,13,15H,6-7,11-12H2,1H3/t15-/m1/s1. The molecule has 0 spiro atoms. The normalized spacial score (nSPS) is 16.7. The molecular formula is C15H20N4. The predicted octanol–water partition coefficient (Wildman–Crippen LogP) is 2.36. The first-order valence-electron chi connectivity index (χ1n) is 6.93. The molecule has 2 aromatic rings. The molecule has 1 saturated carbocycles. The molecule has 4 nitrogen and oxygen atoms in total. The van der Waals surface area contributed by atoms with E-state index in [0.29, 0.717) is 6.04 Å². The first-order chi connectivity index (χ1) is 9.34. The summed E-state index contributed by atoms with van der Waals surface area (Å²) in [6.45, 7) is 1.93. The van der Waals surface area contributed by atoms with Gasteiger partial charge in [0.15, 0.2) is 0 Å². The van der Waals surface area contributed by atoms with Gasteiger partial charge in [-0.2, -0.15) is 5.10 Å². The summed E-state index contributed by atoms with van der Waals surface area (Å²) in [4.78, 5) is 6.96. The number of rotatable bonds is 6. The highest BCUT2D eigenvalue weighted by Crippen LogP contribution is 2.43. The Morgan fingerprint density at radius 2 is 2.21 bits per heavy atom. The van der Waals surface area contributed by atoms with E-state index in [-0.39, 0.29) is 0 Å². The van der Waals surface area contributed by atoms with Gasteiger partial charge in [0.2, 0.25) is 0 Å². The van der Waals surface area contributed by atoms with E-state index in [1.807, 2.05) is 35.4 Å². The molecule has 0 radical (unpaired) electrons. The summed E-state index contributed by atoms with van der Waals surface area (Å²) in [5.74, 6) is 0.775. The van der Waals surface area contributed by atoms with E-state index in [1.165, 1.54) is 18.5 Å². The van der Waals surface area contributed by atoms with Gasteiger partial charge in [0.1, 0.15) is 0 Å². The van der Waals surface area contributed by atoms with Gasteiger partial charge in [0, 0.05) is 25.1 Å². The molecule has 4 heteroatoms. The van der Waals surface area contributed by atoms with Gasteiger partial charge in [-0.15, -0.1) is 0 Å². The molecule has 0 N–H and O–H groups in total. The van der Waals surface area contributed by atoms with Crippen LogP contribution in [0.4, 0.5) is 0 Å². The SMILES string of the molecule is CN(CCn1cccn1)[C@@H](c1ccccn1)C1CC1.